The summed E-state index contributed by atoms with van der Waals surface area (Å²) in [7, 11) is -3.25. The molecule has 0 bridgehead atoms. The van der Waals surface area contributed by atoms with Crippen LogP contribution in [-0.2, 0) is 21.2 Å². The lowest BCUT2D eigenvalue weighted by Crippen LogP contribution is -2.37. The molecule has 0 radical (unpaired) electrons. The van der Waals surface area contributed by atoms with E-state index in [0.717, 1.165) is 5.56 Å². The van der Waals surface area contributed by atoms with Crippen LogP contribution in [0.4, 0.5) is 11.4 Å². The maximum absolute atomic E-state index is 12.3. The van der Waals surface area contributed by atoms with E-state index in [1.165, 1.54) is 4.31 Å². The summed E-state index contributed by atoms with van der Waals surface area (Å²) >= 11 is 0. The molecule has 140 valence electrons. The molecule has 1 aliphatic heterocycles. The van der Waals surface area contributed by atoms with Gasteiger partial charge in [-0.2, -0.15) is 0 Å². The van der Waals surface area contributed by atoms with E-state index in [9.17, 15) is 13.2 Å². The first-order chi connectivity index (χ1) is 12.0. The van der Waals surface area contributed by atoms with E-state index in [1.54, 1.807) is 24.3 Å². The van der Waals surface area contributed by atoms with E-state index in [4.69, 9.17) is 5.73 Å². The third kappa shape index (κ3) is 4.75. The van der Waals surface area contributed by atoms with Crippen molar-refractivity contribution in [2.75, 3.05) is 21.9 Å². The van der Waals surface area contributed by atoms with Crippen molar-refractivity contribution in [3.63, 3.8) is 0 Å². The predicted molar refractivity (Wildman–Crippen MR) is 106 cm³/mol. The Bertz CT molecular complexity index is 859. The van der Waals surface area contributed by atoms with E-state index in [-0.39, 0.29) is 24.1 Å². The average Bonchev–Trinajstić information content (AvgIpc) is 2.95. The first kappa shape index (κ1) is 20.2. The molecule has 0 saturated carbocycles. The van der Waals surface area contributed by atoms with Crippen LogP contribution in [0.15, 0.2) is 54.6 Å². The number of halogens is 1. The molecule has 1 heterocycles. The topological polar surface area (TPSA) is 92.5 Å². The molecule has 0 aromatic heterocycles. The normalized spacial score (nSPS) is 16.6. The van der Waals surface area contributed by atoms with Crippen LogP contribution < -0.4 is 15.4 Å². The molecule has 0 aliphatic carbocycles. The van der Waals surface area contributed by atoms with Crippen LogP contribution in [0.2, 0.25) is 0 Å². The molecule has 6 nitrogen and oxygen atoms in total. The lowest BCUT2D eigenvalue weighted by molar-refractivity contribution is -0.117. The van der Waals surface area contributed by atoms with E-state index < -0.39 is 16.1 Å². The van der Waals surface area contributed by atoms with Gasteiger partial charge in [0.15, 0.2) is 0 Å². The summed E-state index contributed by atoms with van der Waals surface area (Å²) in [5.74, 6) is -0.142. The average molecular weight is 396 g/mol. The van der Waals surface area contributed by atoms with Crippen LogP contribution in [-0.4, -0.2) is 32.7 Å². The fraction of sp³-hybridized carbons (Fsp3) is 0.278. The van der Waals surface area contributed by atoms with Crippen LogP contribution in [0.3, 0.4) is 0 Å². The van der Waals surface area contributed by atoms with Gasteiger partial charge in [-0.3, -0.25) is 9.10 Å². The highest BCUT2D eigenvalue weighted by Crippen LogP contribution is 2.26. The molecular formula is C18H22ClN3O3S. The Labute approximate surface area is 159 Å². The molecule has 0 unspecified atom stereocenters. The summed E-state index contributed by atoms with van der Waals surface area (Å²) in [6.07, 6.45) is 1.05. The summed E-state index contributed by atoms with van der Waals surface area (Å²) < 4.78 is 25.4. The van der Waals surface area contributed by atoms with Crippen molar-refractivity contribution in [1.82, 2.24) is 0 Å². The van der Waals surface area contributed by atoms with Gasteiger partial charge >= 0.3 is 0 Å². The van der Waals surface area contributed by atoms with Crippen LogP contribution in [0.5, 0.6) is 0 Å². The van der Waals surface area contributed by atoms with Gasteiger partial charge in [0, 0.05) is 12.2 Å². The molecule has 26 heavy (non-hydrogen) atoms. The minimum absolute atomic E-state index is 0. The largest absolute Gasteiger partial charge is 0.325 e. The Kier molecular flexibility index (Phi) is 6.63. The fourth-order valence-electron chi connectivity index (χ4n) is 2.86. The Morgan fingerprint density at radius 3 is 2.54 bits per heavy atom. The maximum Gasteiger partial charge on any atom is 0.241 e. The first-order valence-corrected chi connectivity index (χ1v) is 9.77. The maximum atomic E-state index is 12.3. The zero-order valence-corrected chi connectivity index (χ0v) is 15.8. The van der Waals surface area contributed by atoms with Gasteiger partial charge in [-0.1, -0.05) is 36.4 Å². The lowest BCUT2D eigenvalue weighted by Gasteiger charge is -2.18. The Morgan fingerprint density at radius 1 is 1.15 bits per heavy atom. The first-order valence-electron chi connectivity index (χ1n) is 8.16. The third-order valence-corrected chi connectivity index (χ3v) is 6.01. The number of nitrogens with two attached hydrogens (primary N) is 1. The second-order valence-corrected chi connectivity index (χ2v) is 8.09. The minimum atomic E-state index is -3.25. The molecule has 8 heteroatoms. The second-order valence-electron chi connectivity index (χ2n) is 6.08. The highest BCUT2D eigenvalue weighted by molar-refractivity contribution is 7.93. The molecular weight excluding hydrogens is 374 g/mol. The molecule has 1 amide bonds. The highest BCUT2D eigenvalue weighted by atomic mass is 35.5. The minimum Gasteiger partial charge on any atom is -0.325 e. The summed E-state index contributed by atoms with van der Waals surface area (Å²) in [5, 5.41) is 2.77. The number of carbonyl (C=O) groups excluding carboxylic acids is 1. The van der Waals surface area contributed by atoms with Crippen molar-refractivity contribution in [3.8, 4) is 0 Å². The van der Waals surface area contributed by atoms with E-state index >= 15 is 0 Å². The number of anilines is 2. The quantitative estimate of drug-likeness (QED) is 0.811. The number of hydrogen-bond donors (Lipinski definition) is 2. The van der Waals surface area contributed by atoms with E-state index in [0.29, 0.717) is 30.8 Å². The number of hydrogen-bond acceptors (Lipinski definition) is 4. The van der Waals surface area contributed by atoms with E-state index in [2.05, 4.69) is 5.32 Å². The monoisotopic (exact) mass is 395 g/mol. The van der Waals surface area contributed by atoms with Crippen molar-refractivity contribution in [2.24, 2.45) is 5.73 Å². The summed E-state index contributed by atoms with van der Waals surface area (Å²) in [6, 6.07) is 15.7. The molecule has 1 saturated heterocycles. The molecule has 2 aromatic carbocycles. The van der Waals surface area contributed by atoms with Gasteiger partial charge in [0.25, 0.3) is 0 Å². The Balaban J connectivity index is 0.00000243. The number of sulfonamides is 1. The molecule has 2 aromatic rings. The van der Waals surface area contributed by atoms with Crippen LogP contribution in [0.25, 0.3) is 0 Å². The number of benzene rings is 2. The van der Waals surface area contributed by atoms with Crippen LogP contribution in [0.1, 0.15) is 12.0 Å². The van der Waals surface area contributed by atoms with E-state index in [1.807, 2.05) is 30.3 Å². The van der Waals surface area contributed by atoms with Crippen LogP contribution >= 0.6 is 12.4 Å². The van der Waals surface area contributed by atoms with Gasteiger partial charge in [-0.05, 0) is 36.6 Å². The van der Waals surface area contributed by atoms with Crippen molar-refractivity contribution in [2.45, 2.75) is 18.9 Å². The Hall–Kier alpha value is -2.09. The molecule has 1 fully saturated rings. The molecule has 3 rings (SSSR count). The van der Waals surface area contributed by atoms with Crippen molar-refractivity contribution in [3.05, 3.63) is 60.2 Å². The fourth-order valence-corrected chi connectivity index (χ4v) is 4.42. The number of amides is 1. The van der Waals surface area contributed by atoms with Gasteiger partial charge in [0.05, 0.1) is 17.5 Å². The van der Waals surface area contributed by atoms with Gasteiger partial charge < -0.3 is 11.1 Å². The van der Waals surface area contributed by atoms with Gasteiger partial charge in [0.2, 0.25) is 15.9 Å². The molecule has 1 aliphatic rings. The smallest absolute Gasteiger partial charge is 0.241 e. The van der Waals surface area contributed by atoms with Crippen LogP contribution in [0, 0.1) is 0 Å². The molecule has 1 atom stereocenters. The van der Waals surface area contributed by atoms with Gasteiger partial charge in [-0.15, -0.1) is 12.4 Å². The van der Waals surface area contributed by atoms with Crippen molar-refractivity contribution < 1.29 is 13.2 Å². The van der Waals surface area contributed by atoms with Gasteiger partial charge in [0.1, 0.15) is 0 Å². The van der Waals surface area contributed by atoms with Gasteiger partial charge in [-0.25, -0.2) is 8.42 Å². The predicted octanol–water partition coefficient (Wildman–Crippen LogP) is 2.16. The SMILES string of the molecule is Cl.N[C@@H](Cc1ccccc1)C(=O)Nc1cccc(N2CCCS2(=O)=O)c1. The zero-order valence-electron chi connectivity index (χ0n) is 14.2. The number of rotatable bonds is 5. The molecule has 3 N–H and O–H groups in total. The molecule has 0 spiro atoms. The van der Waals surface area contributed by atoms with Crippen molar-refractivity contribution in [1.29, 1.82) is 0 Å². The number of nitrogens with zero attached hydrogens (tertiary/aromatic N) is 1. The standard InChI is InChI=1S/C18H21N3O3S.ClH/c19-17(12-14-6-2-1-3-7-14)18(22)20-15-8-4-9-16(13-15)21-10-5-11-25(21,23)24;/h1-4,6-9,13,17H,5,10-12,19H2,(H,20,22);1H/t17-;/m0./s1. The number of nitrogens with one attached hydrogen (secondary N) is 1. The summed E-state index contributed by atoms with van der Waals surface area (Å²) in [6.45, 7) is 0.466. The zero-order chi connectivity index (χ0) is 17.9. The van der Waals surface area contributed by atoms with Crippen molar-refractivity contribution >= 4 is 39.7 Å². The second kappa shape index (κ2) is 8.53. The third-order valence-electron chi connectivity index (χ3n) is 4.14. The number of carbonyl (C=O) groups is 1. The summed E-state index contributed by atoms with van der Waals surface area (Å²) in [5.41, 5.74) is 8.07. The summed E-state index contributed by atoms with van der Waals surface area (Å²) in [4.78, 5) is 12.3. The Morgan fingerprint density at radius 2 is 1.88 bits per heavy atom. The lowest BCUT2D eigenvalue weighted by atomic mass is 10.1. The highest BCUT2D eigenvalue weighted by Gasteiger charge is 2.28.